The van der Waals surface area contributed by atoms with E-state index in [0.717, 1.165) is 19.3 Å². The first-order valence-corrected chi connectivity index (χ1v) is 7.88. The van der Waals surface area contributed by atoms with Gasteiger partial charge in [0.25, 0.3) is 0 Å². The van der Waals surface area contributed by atoms with Crippen molar-refractivity contribution < 1.29 is 14.7 Å². The van der Waals surface area contributed by atoms with Crippen LogP contribution in [-0.2, 0) is 4.79 Å². The number of carboxylic acid groups (broad SMARTS) is 1. The maximum absolute atomic E-state index is 12.4. The summed E-state index contributed by atoms with van der Waals surface area (Å²) >= 11 is 1.54. The van der Waals surface area contributed by atoms with Gasteiger partial charge in [-0.25, -0.2) is 9.59 Å². The van der Waals surface area contributed by atoms with E-state index < -0.39 is 12.0 Å². The Bertz CT molecular complexity index is 345. The molecule has 110 valence electrons. The van der Waals surface area contributed by atoms with Crippen LogP contribution >= 0.6 is 11.8 Å². The van der Waals surface area contributed by atoms with E-state index in [9.17, 15) is 14.7 Å². The highest BCUT2D eigenvalue weighted by Gasteiger charge is 2.42. The van der Waals surface area contributed by atoms with E-state index in [2.05, 4.69) is 5.32 Å². The highest BCUT2D eigenvalue weighted by molar-refractivity contribution is 8.00. The number of amides is 2. The molecular weight excluding hydrogens is 264 g/mol. The van der Waals surface area contributed by atoms with Gasteiger partial charge in [-0.15, -0.1) is 11.8 Å². The lowest BCUT2D eigenvalue weighted by Gasteiger charge is -2.34. The molecule has 1 aliphatic rings. The highest BCUT2D eigenvalue weighted by atomic mass is 32.2. The molecule has 0 aromatic rings. The number of nitrogens with zero attached hydrogens (tertiary/aromatic N) is 1. The van der Waals surface area contributed by atoms with Crippen molar-refractivity contribution in [3.8, 4) is 0 Å². The summed E-state index contributed by atoms with van der Waals surface area (Å²) in [4.78, 5) is 25.1. The zero-order valence-electron chi connectivity index (χ0n) is 12.1. The summed E-state index contributed by atoms with van der Waals surface area (Å²) < 4.78 is 0. The molecular formula is C13H24N2O3S. The first kappa shape index (κ1) is 16.1. The minimum absolute atomic E-state index is 0.0425. The van der Waals surface area contributed by atoms with Crippen molar-refractivity contribution in [3.63, 3.8) is 0 Å². The van der Waals surface area contributed by atoms with Gasteiger partial charge in [-0.2, -0.15) is 0 Å². The number of hydrogen-bond donors (Lipinski definition) is 2. The monoisotopic (exact) mass is 288 g/mol. The molecule has 19 heavy (non-hydrogen) atoms. The Morgan fingerprint density at radius 3 is 2.37 bits per heavy atom. The number of hydrogen-bond acceptors (Lipinski definition) is 3. The first-order chi connectivity index (χ1) is 8.88. The Labute approximate surface area is 119 Å². The van der Waals surface area contributed by atoms with E-state index >= 15 is 0 Å². The van der Waals surface area contributed by atoms with E-state index in [-0.39, 0.29) is 16.9 Å². The lowest BCUT2D eigenvalue weighted by Crippen LogP contribution is -2.55. The van der Waals surface area contributed by atoms with Gasteiger partial charge >= 0.3 is 12.0 Å². The van der Waals surface area contributed by atoms with Crippen molar-refractivity contribution in [3.05, 3.63) is 0 Å². The maximum Gasteiger partial charge on any atom is 0.327 e. The molecule has 6 heteroatoms. The molecule has 0 aliphatic carbocycles. The lowest BCUT2D eigenvalue weighted by molar-refractivity contribution is -0.141. The molecule has 2 N–H and O–H groups in total. The molecule has 1 rings (SSSR count). The summed E-state index contributed by atoms with van der Waals surface area (Å²) in [5.41, 5.74) is -0.272. The number of carbonyl (C=O) groups is 2. The van der Waals surface area contributed by atoms with Crippen molar-refractivity contribution in [2.45, 2.75) is 63.9 Å². The van der Waals surface area contributed by atoms with Gasteiger partial charge in [-0.05, 0) is 26.2 Å². The minimum Gasteiger partial charge on any atom is -0.480 e. The predicted octanol–water partition coefficient (Wildman–Crippen LogP) is 2.51. The van der Waals surface area contributed by atoms with Crippen LogP contribution in [-0.4, -0.2) is 44.7 Å². The molecule has 0 spiro atoms. The predicted molar refractivity (Wildman–Crippen MR) is 77.3 cm³/mol. The number of carbonyl (C=O) groups excluding carboxylic acids is 1. The molecule has 1 heterocycles. The molecule has 0 aromatic heterocycles. The summed E-state index contributed by atoms with van der Waals surface area (Å²) in [6.07, 6.45) is 2.41. The second kappa shape index (κ2) is 6.50. The van der Waals surface area contributed by atoms with E-state index in [1.165, 1.54) is 4.90 Å². The van der Waals surface area contributed by atoms with Gasteiger partial charge in [-0.3, -0.25) is 4.90 Å². The molecule has 0 bridgehead atoms. The normalized spacial score (nSPS) is 23.5. The number of aliphatic carboxylic acids is 1. The molecule has 2 unspecified atom stereocenters. The van der Waals surface area contributed by atoms with Crippen LogP contribution in [0, 0.1) is 0 Å². The topological polar surface area (TPSA) is 69.6 Å². The third-order valence-electron chi connectivity index (χ3n) is 3.93. The molecule has 1 saturated heterocycles. The summed E-state index contributed by atoms with van der Waals surface area (Å²) in [7, 11) is 0. The van der Waals surface area contributed by atoms with Crippen molar-refractivity contribution in [2.75, 3.05) is 5.75 Å². The molecule has 1 aliphatic heterocycles. The van der Waals surface area contributed by atoms with Crippen molar-refractivity contribution >= 4 is 23.8 Å². The molecule has 0 radical (unpaired) electrons. The van der Waals surface area contributed by atoms with Crippen LogP contribution < -0.4 is 5.32 Å². The number of nitrogens with one attached hydrogen (secondary N) is 1. The Balaban J connectivity index is 2.84. The maximum atomic E-state index is 12.4. The minimum atomic E-state index is -0.923. The summed E-state index contributed by atoms with van der Waals surface area (Å²) in [6, 6.07) is -0.969. The summed E-state index contributed by atoms with van der Waals surface area (Å²) in [5.74, 6) is -0.454. The molecule has 2 atom stereocenters. The van der Waals surface area contributed by atoms with Crippen LogP contribution in [0.4, 0.5) is 4.79 Å². The van der Waals surface area contributed by atoms with Crippen molar-refractivity contribution in [1.82, 2.24) is 10.2 Å². The smallest absolute Gasteiger partial charge is 0.327 e. The molecule has 5 nitrogen and oxygen atoms in total. The molecule has 0 saturated carbocycles. The van der Waals surface area contributed by atoms with Gasteiger partial charge in [0.15, 0.2) is 0 Å². The zero-order valence-corrected chi connectivity index (χ0v) is 12.9. The molecule has 1 fully saturated rings. The number of thioether (sulfide) groups is 1. The SMILES string of the molecule is CCC1SCC(C(=O)O)N1C(=O)NC(C)(CC)CC. The summed E-state index contributed by atoms with van der Waals surface area (Å²) in [5, 5.41) is 12.2. The second-order valence-electron chi connectivity index (χ2n) is 5.16. The van der Waals surface area contributed by atoms with Crippen LogP contribution in [0.2, 0.25) is 0 Å². The fourth-order valence-electron chi connectivity index (χ4n) is 2.09. The fourth-order valence-corrected chi connectivity index (χ4v) is 3.44. The quantitative estimate of drug-likeness (QED) is 0.815. The van der Waals surface area contributed by atoms with Gasteiger partial charge in [0, 0.05) is 11.3 Å². The standard InChI is InChI=1S/C13H24N2O3S/c1-5-10-15(9(8-19-10)11(16)17)12(18)14-13(4,6-2)7-3/h9-10H,5-8H2,1-4H3,(H,14,18)(H,16,17). The van der Waals surface area contributed by atoms with Gasteiger partial charge < -0.3 is 10.4 Å². The van der Waals surface area contributed by atoms with Crippen LogP contribution in [0.3, 0.4) is 0 Å². The fraction of sp³-hybridized carbons (Fsp3) is 0.846. The van der Waals surface area contributed by atoms with Gasteiger partial charge in [0.2, 0.25) is 0 Å². The van der Waals surface area contributed by atoms with E-state index in [0.29, 0.717) is 5.75 Å². The van der Waals surface area contributed by atoms with Crippen LogP contribution in [0.5, 0.6) is 0 Å². The van der Waals surface area contributed by atoms with E-state index in [4.69, 9.17) is 0 Å². The molecule has 2 amide bonds. The van der Waals surface area contributed by atoms with Crippen molar-refractivity contribution in [1.29, 1.82) is 0 Å². The summed E-state index contributed by atoms with van der Waals surface area (Å²) in [6.45, 7) is 8.01. The third kappa shape index (κ3) is 3.55. The zero-order chi connectivity index (χ0) is 14.6. The van der Waals surface area contributed by atoms with Crippen LogP contribution in [0.25, 0.3) is 0 Å². The van der Waals surface area contributed by atoms with Crippen LogP contribution in [0.15, 0.2) is 0 Å². The third-order valence-corrected chi connectivity index (χ3v) is 5.38. The second-order valence-corrected chi connectivity index (χ2v) is 6.37. The van der Waals surface area contributed by atoms with E-state index in [1.54, 1.807) is 11.8 Å². The molecule has 0 aromatic carbocycles. The number of carboxylic acids is 1. The average molecular weight is 288 g/mol. The highest BCUT2D eigenvalue weighted by Crippen LogP contribution is 2.31. The Morgan fingerprint density at radius 2 is 1.95 bits per heavy atom. The van der Waals surface area contributed by atoms with Gasteiger partial charge in [-0.1, -0.05) is 20.8 Å². The van der Waals surface area contributed by atoms with Crippen LogP contribution in [0.1, 0.15) is 47.0 Å². The number of urea groups is 1. The Hall–Kier alpha value is -0.910. The van der Waals surface area contributed by atoms with Gasteiger partial charge in [0.1, 0.15) is 6.04 Å². The van der Waals surface area contributed by atoms with E-state index in [1.807, 2.05) is 27.7 Å². The Kier molecular flexibility index (Phi) is 5.52. The van der Waals surface area contributed by atoms with Crippen molar-refractivity contribution in [2.24, 2.45) is 0 Å². The average Bonchev–Trinajstić information content (AvgIpc) is 2.82. The Morgan fingerprint density at radius 1 is 1.37 bits per heavy atom. The largest absolute Gasteiger partial charge is 0.480 e. The number of rotatable bonds is 5. The first-order valence-electron chi connectivity index (χ1n) is 6.83. The van der Waals surface area contributed by atoms with Gasteiger partial charge in [0.05, 0.1) is 5.37 Å². The lowest BCUT2D eigenvalue weighted by atomic mass is 9.96.